The quantitative estimate of drug-likeness (QED) is 0.889. The second-order valence-corrected chi connectivity index (χ2v) is 6.71. The first kappa shape index (κ1) is 14.0. The molecule has 1 heterocycles. The average molecular weight is 332 g/mol. The van der Waals surface area contributed by atoms with E-state index in [1.165, 1.54) is 17.7 Å². The third kappa shape index (κ3) is 3.33. The number of carbonyl (C=O) groups is 1. The number of hydrogen-bond acceptors (Lipinski definition) is 3. The number of halogens is 1. The maximum atomic E-state index is 11.1. The molecule has 0 radical (unpaired) electrons. The van der Waals surface area contributed by atoms with E-state index in [9.17, 15) is 4.79 Å². The van der Waals surface area contributed by atoms with E-state index >= 15 is 0 Å². The Hall–Kier alpha value is -0.390. The summed E-state index contributed by atoms with van der Waals surface area (Å²) in [6, 6.07) is 2.71. The van der Waals surface area contributed by atoms with Crippen molar-refractivity contribution in [1.29, 1.82) is 0 Å². The van der Waals surface area contributed by atoms with Gasteiger partial charge in [0.25, 0.3) is 0 Å². The monoisotopic (exact) mass is 331 g/mol. The lowest BCUT2D eigenvalue weighted by atomic mass is 10.1. The van der Waals surface area contributed by atoms with Gasteiger partial charge >= 0.3 is 5.97 Å². The number of rotatable bonds is 5. The molecule has 1 N–H and O–H groups in total. The molecule has 1 atom stereocenters. The second kappa shape index (κ2) is 6.17. The van der Waals surface area contributed by atoms with Crippen LogP contribution in [-0.4, -0.2) is 28.6 Å². The molecule has 0 spiro atoms. The van der Waals surface area contributed by atoms with Crippen LogP contribution in [-0.2, 0) is 4.79 Å². The molecule has 1 fully saturated rings. The Kier molecular flexibility index (Phi) is 4.81. The van der Waals surface area contributed by atoms with Crippen molar-refractivity contribution in [3.8, 4) is 0 Å². The van der Waals surface area contributed by atoms with E-state index in [1.54, 1.807) is 11.3 Å². The first-order valence-electron chi connectivity index (χ1n) is 6.29. The summed E-state index contributed by atoms with van der Waals surface area (Å²) in [6.45, 7) is 2.25. The number of carboxylic acid groups (broad SMARTS) is 1. The molecule has 1 aromatic rings. The molecule has 0 saturated heterocycles. The highest BCUT2D eigenvalue weighted by Crippen LogP contribution is 2.34. The summed E-state index contributed by atoms with van der Waals surface area (Å²) in [5.41, 5.74) is 0. The van der Waals surface area contributed by atoms with Gasteiger partial charge in [-0.15, -0.1) is 11.3 Å². The Morgan fingerprint density at radius 2 is 2.28 bits per heavy atom. The zero-order valence-corrected chi connectivity index (χ0v) is 12.8. The summed E-state index contributed by atoms with van der Waals surface area (Å²) in [5.74, 6) is -0.732. The summed E-state index contributed by atoms with van der Waals surface area (Å²) in [5, 5.41) is 11.2. The van der Waals surface area contributed by atoms with E-state index in [-0.39, 0.29) is 12.6 Å². The minimum Gasteiger partial charge on any atom is -0.480 e. The van der Waals surface area contributed by atoms with Crippen molar-refractivity contribution < 1.29 is 9.90 Å². The van der Waals surface area contributed by atoms with Crippen LogP contribution >= 0.6 is 27.3 Å². The fourth-order valence-electron chi connectivity index (χ4n) is 2.69. The Bertz CT molecular complexity index is 415. The highest BCUT2D eigenvalue weighted by Gasteiger charge is 2.29. The number of thiophene rings is 1. The van der Waals surface area contributed by atoms with Gasteiger partial charge < -0.3 is 5.11 Å². The Labute approximate surface area is 120 Å². The van der Waals surface area contributed by atoms with E-state index in [1.807, 2.05) is 0 Å². The van der Waals surface area contributed by atoms with Crippen molar-refractivity contribution in [1.82, 2.24) is 4.90 Å². The lowest BCUT2D eigenvalue weighted by Gasteiger charge is -2.32. The number of nitrogens with zero attached hydrogens (tertiary/aromatic N) is 1. The van der Waals surface area contributed by atoms with Crippen LogP contribution in [0.15, 0.2) is 15.9 Å². The predicted octanol–water partition coefficient (Wildman–Crippen LogP) is 3.90. The highest BCUT2D eigenvalue weighted by molar-refractivity contribution is 9.10. The molecule has 0 bridgehead atoms. The summed E-state index contributed by atoms with van der Waals surface area (Å²) in [6.07, 6.45) is 4.71. The maximum absolute atomic E-state index is 11.1. The summed E-state index contributed by atoms with van der Waals surface area (Å²) in [4.78, 5) is 14.4. The number of hydrogen-bond donors (Lipinski definition) is 1. The molecule has 1 saturated carbocycles. The van der Waals surface area contributed by atoms with Gasteiger partial charge in [-0.25, -0.2) is 0 Å². The van der Waals surface area contributed by atoms with Crippen LogP contribution in [0.4, 0.5) is 0 Å². The summed E-state index contributed by atoms with van der Waals surface area (Å²) < 4.78 is 1.08. The molecule has 5 heteroatoms. The molecule has 0 aromatic carbocycles. The molecular weight excluding hydrogens is 314 g/mol. The van der Waals surface area contributed by atoms with Crippen LogP contribution in [0.25, 0.3) is 0 Å². The van der Waals surface area contributed by atoms with Crippen molar-refractivity contribution in [2.24, 2.45) is 0 Å². The number of carboxylic acids is 1. The molecule has 3 nitrogen and oxygen atoms in total. The molecule has 0 amide bonds. The minimum absolute atomic E-state index is 0.140. The third-order valence-electron chi connectivity index (χ3n) is 3.61. The van der Waals surface area contributed by atoms with E-state index in [4.69, 9.17) is 5.11 Å². The van der Waals surface area contributed by atoms with Gasteiger partial charge in [0.1, 0.15) is 0 Å². The van der Waals surface area contributed by atoms with Gasteiger partial charge in [-0.1, -0.05) is 12.8 Å². The van der Waals surface area contributed by atoms with Crippen LogP contribution in [0, 0.1) is 0 Å². The molecule has 2 rings (SSSR count). The van der Waals surface area contributed by atoms with E-state index in [2.05, 4.69) is 39.2 Å². The van der Waals surface area contributed by atoms with Crippen LogP contribution in [0.1, 0.15) is 43.5 Å². The fraction of sp³-hybridized carbons (Fsp3) is 0.615. The van der Waals surface area contributed by atoms with Crippen LogP contribution in [0.3, 0.4) is 0 Å². The second-order valence-electron chi connectivity index (χ2n) is 4.85. The molecule has 1 unspecified atom stereocenters. The van der Waals surface area contributed by atoms with Gasteiger partial charge in [-0.3, -0.25) is 9.69 Å². The SMILES string of the molecule is CC(c1cc(Br)cs1)N(CC(=O)O)C1CCCC1. The third-order valence-corrected chi connectivity index (χ3v) is 5.47. The largest absolute Gasteiger partial charge is 0.480 e. The van der Waals surface area contributed by atoms with Crippen molar-refractivity contribution in [2.75, 3.05) is 6.54 Å². The summed E-state index contributed by atoms with van der Waals surface area (Å²) in [7, 11) is 0. The Morgan fingerprint density at radius 3 is 2.78 bits per heavy atom. The normalized spacial score (nSPS) is 18.4. The van der Waals surface area contributed by atoms with Gasteiger partial charge in [0.2, 0.25) is 0 Å². The van der Waals surface area contributed by atoms with Gasteiger partial charge in [0.05, 0.1) is 6.54 Å². The lowest BCUT2D eigenvalue weighted by Crippen LogP contribution is -2.39. The standard InChI is InChI=1S/C13H18BrNO2S/c1-9(12-6-10(14)8-18-12)15(7-13(16)17)11-4-2-3-5-11/h6,8-9,11H,2-5,7H2,1H3,(H,16,17). The molecule has 1 aromatic heterocycles. The predicted molar refractivity (Wildman–Crippen MR) is 77.0 cm³/mol. The van der Waals surface area contributed by atoms with Gasteiger partial charge in [-0.05, 0) is 41.8 Å². The van der Waals surface area contributed by atoms with Gasteiger partial charge in [-0.2, -0.15) is 0 Å². The van der Waals surface area contributed by atoms with Crippen molar-refractivity contribution >= 4 is 33.2 Å². The molecular formula is C13H18BrNO2S. The minimum atomic E-state index is -0.732. The first-order chi connectivity index (χ1) is 8.58. The zero-order valence-electron chi connectivity index (χ0n) is 10.4. The molecule has 0 aliphatic heterocycles. The van der Waals surface area contributed by atoms with Crippen molar-refractivity contribution in [3.05, 3.63) is 20.8 Å². The zero-order chi connectivity index (χ0) is 13.1. The lowest BCUT2D eigenvalue weighted by molar-refractivity contribution is -0.139. The van der Waals surface area contributed by atoms with Crippen molar-refractivity contribution in [2.45, 2.75) is 44.7 Å². The van der Waals surface area contributed by atoms with Crippen LogP contribution in [0.2, 0.25) is 0 Å². The highest BCUT2D eigenvalue weighted by atomic mass is 79.9. The summed E-state index contributed by atoms with van der Waals surface area (Å²) >= 11 is 5.15. The van der Waals surface area contributed by atoms with Crippen molar-refractivity contribution in [3.63, 3.8) is 0 Å². The van der Waals surface area contributed by atoms with Crippen LogP contribution in [0.5, 0.6) is 0 Å². The Morgan fingerprint density at radius 1 is 1.61 bits per heavy atom. The van der Waals surface area contributed by atoms with E-state index in [0.717, 1.165) is 17.3 Å². The first-order valence-corrected chi connectivity index (χ1v) is 7.96. The van der Waals surface area contributed by atoms with Gasteiger partial charge in [0, 0.05) is 26.8 Å². The average Bonchev–Trinajstić information content (AvgIpc) is 2.95. The molecule has 18 heavy (non-hydrogen) atoms. The molecule has 100 valence electrons. The smallest absolute Gasteiger partial charge is 0.317 e. The van der Waals surface area contributed by atoms with E-state index in [0.29, 0.717) is 6.04 Å². The molecule has 1 aliphatic rings. The van der Waals surface area contributed by atoms with E-state index < -0.39 is 5.97 Å². The molecule has 1 aliphatic carbocycles. The van der Waals surface area contributed by atoms with Gasteiger partial charge in [0.15, 0.2) is 0 Å². The fourth-order valence-corrected chi connectivity index (χ4v) is 4.21. The number of aliphatic carboxylic acids is 1. The topological polar surface area (TPSA) is 40.5 Å². The Balaban J connectivity index is 2.14. The maximum Gasteiger partial charge on any atom is 0.317 e. The van der Waals surface area contributed by atoms with Crippen LogP contribution < -0.4 is 0 Å².